The number of benzene rings is 1. The highest BCUT2D eigenvalue weighted by Crippen LogP contribution is 2.25. The van der Waals surface area contributed by atoms with Crippen molar-refractivity contribution in [1.82, 2.24) is 9.55 Å². The Hall–Kier alpha value is -1.61. The van der Waals surface area contributed by atoms with Crippen molar-refractivity contribution >= 4 is 0 Å². The van der Waals surface area contributed by atoms with Crippen molar-refractivity contribution in [2.45, 2.75) is 26.7 Å². The molecule has 0 aliphatic carbocycles. The number of hydrogen-bond acceptors (Lipinski definition) is 2. The van der Waals surface area contributed by atoms with Crippen molar-refractivity contribution in [2.24, 2.45) is 11.7 Å². The summed E-state index contributed by atoms with van der Waals surface area (Å²) in [7, 11) is 0. The third kappa shape index (κ3) is 2.46. The van der Waals surface area contributed by atoms with Crippen LogP contribution in [-0.4, -0.2) is 16.1 Å². The summed E-state index contributed by atoms with van der Waals surface area (Å²) >= 11 is 0. The van der Waals surface area contributed by atoms with Crippen LogP contribution in [0.1, 0.15) is 31.0 Å². The Balaban J connectivity index is 2.41. The van der Waals surface area contributed by atoms with Crippen LogP contribution in [0, 0.1) is 12.8 Å². The zero-order valence-corrected chi connectivity index (χ0v) is 11.3. The van der Waals surface area contributed by atoms with Gasteiger partial charge in [-0.05, 0) is 25.0 Å². The molecule has 1 atom stereocenters. The van der Waals surface area contributed by atoms with E-state index in [1.165, 1.54) is 11.3 Å². The van der Waals surface area contributed by atoms with Crippen molar-refractivity contribution < 1.29 is 0 Å². The highest BCUT2D eigenvalue weighted by molar-refractivity contribution is 5.36. The molecule has 2 rings (SSSR count). The largest absolute Gasteiger partial charge is 0.330 e. The smallest absolute Gasteiger partial charge is 0.0994 e. The van der Waals surface area contributed by atoms with E-state index in [2.05, 4.69) is 54.6 Å². The van der Waals surface area contributed by atoms with Gasteiger partial charge in [0.15, 0.2) is 0 Å². The molecule has 3 heteroatoms. The van der Waals surface area contributed by atoms with Gasteiger partial charge in [0.05, 0.1) is 6.33 Å². The average Bonchev–Trinajstić information content (AvgIpc) is 2.79. The van der Waals surface area contributed by atoms with Crippen LogP contribution < -0.4 is 5.73 Å². The van der Waals surface area contributed by atoms with Crippen LogP contribution in [0.5, 0.6) is 0 Å². The van der Waals surface area contributed by atoms with Gasteiger partial charge in [-0.25, -0.2) is 4.98 Å². The second-order valence-corrected chi connectivity index (χ2v) is 5.11. The lowest BCUT2D eigenvalue weighted by molar-refractivity contribution is 0.490. The Morgan fingerprint density at radius 1 is 1.22 bits per heavy atom. The van der Waals surface area contributed by atoms with Crippen LogP contribution in [0.25, 0.3) is 5.69 Å². The van der Waals surface area contributed by atoms with Gasteiger partial charge in [-0.1, -0.05) is 31.5 Å². The van der Waals surface area contributed by atoms with E-state index < -0.39 is 0 Å². The summed E-state index contributed by atoms with van der Waals surface area (Å²) in [6.07, 6.45) is 3.79. The topological polar surface area (TPSA) is 43.8 Å². The first kappa shape index (κ1) is 12.8. The molecule has 1 unspecified atom stereocenters. The zero-order valence-electron chi connectivity index (χ0n) is 11.3. The fraction of sp³-hybridized carbons (Fsp3) is 0.400. The molecule has 1 heterocycles. The first-order chi connectivity index (χ1) is 8.63. The Kier molecular flexibility index (Phi) is 3.82. The minimum Gasteiger partial charge on any atom is -0.330 e. The molecule has 18 heavy (non-hydrogen) atoms. The van der Waals surface area contributed by atoms with E-state index in [1.807, 2.05) is 12.5 Å². The third-order valence-electron chi connectivity index (χ3n) is 3.42. The Bertz CT molecular complexity index is 497. The molecule has 0 fully saturated rings. The first-order valence-corrected chi connectivity index (χ1v) is 6.43. The summed E-state index contributed by atoms with van der Waals surface area (Å²) in [6, 6.07) is 8.47. The molecule has 0 spiro atoms. The Labute approximate surface area is 109 Å². The zero-order chi connectivity index (χ0) is 13.1. The van der Waals surface area contributed by atoms with Gasteiger partial charge in [0.1, 0.15) is 0 Å². The molecule has 2 N–H and O–H groups in total. The van der Waals surface area contributed by atoms with Crippen LogP contribution >= 0.6 is 0 Å². The standard InChI is InChI=1S/C15H21N3/c1-11(2)14(8-16)15-9-17-10-18(15)13-6-4-12(3)5-7-13/h4-7,9-11,14H,8,16H2,1-3H3. The van der Waals surface area contributed by atoms with Crippen LogP contribution in [0.2, 0.25) is 0 Å². The fourth-order valence-corrected chi connectivity index (χ4v) is 2.24. The van der Waals surface area contributed by atoms with E-state index in [9.17, 15) is 0 Å². The van der Waals surface area contributed by atoms with Gasteiger partial charge in [-0.3, -0.25) is 0 Å². The predicted molar refractivity (Wildman–Crippen MR) is 74.9 cm³/mol. The molecule has 0 bridgehead atoms. The molecule has 3 nitrogen and oxygen atoms in total. The van der Waals surface area contributed by atoms with Crippen molar-refractivity contribution in [1.29, 1.82) is 0 Å². The summed E-state index contributed by atoms with van der Waals surface area (Å²) in [5.74, 6) is 0.852. The minimum atomic E-state index is 0.341. The lowest BCUT2D eigenvalue weighted by Gasteiger charge is -2.20. The molecule has 0 radical (unpaired) electrons. The lowest BCUT2D eigenvalue weighted by atomic mass is 9.93. The van der Waals surface area contributed by atoms with E-state index in [-0.39, 0.29) is 0 Å². The number of hydrogen-bond donors (Lipinski definition) is 1. The molecule has 0 aliphatic heterocycles. The van der Waals surface area contributed by atoms with Crippen molar-refractivity contribution in [3.63, 3.8) is 0 Å². The van der Waals surface area contributed by atoms with Gasteiger partial charge < -0.3 is 10.3 Å². The third-order valence-corrected chi connectivity index (χ3v) is 3.42. The van der Waals surface area contributed by atoms with Gasteiger partial charge in [0.25, 0.3) is 0 Å². The number of nitrogens with zero attached hydrogens (tertiary/aromatic N) is 2. The van der Waals surface area contributed by atoms with Crippen molar-refractivity contribution in [2.75, 3.05) is 6.54 Å². The molecular formula is C15H21N3. The summed E-state index contributed by atoms with van der Waals surface area (Å²) in [4.78, 5) is 4.28. The van der Waals surface area contributed by atoms with Crippen molar-refractivity contribution in [3.05, 3.63) is 48.0 Å². The quantitative estimate of drug-likeness (QED) is 0.897. The second kappa shape index (κ2) is 5.36. The molecule has 1 aromatic heterocycles. The summed E-state index contributed by atoms with van der Waals surface area (Å²) in [5.41, 5.74) is 9.50. The highest BCUT2D eigenvalue weighted by Gasteiger charge is 2.18. The SMILES string of the molecule is Cc1ccc(-n2cncc2C(CN)C(C)C)cc1. The van der Waals surface area contributed by atoms with E-state index >= 15 is 0 Å². The molecule has 0 saturated heterocycles. The summed E-state index contributed by atoms with van der Waals surface area (Å²) in [6.45, 7) is 7.14. The molecule has 2 aromatic rings. The van der Waals surface area contributed by atoms with Gasteiger partial charge in [0, 0.05) is 30.0 Å². The van der Waals surface area contributed by atoms with E-state index in [1.54, 1.807) is 0 Å². The lowest BCUT2D eigenvalue weighted by Crippen LogP contribution is -2.20. The molecule has 0 amide bonds. The van der Waals surface area contributed by atoms with Gasteiger partial charge in [-0.15, -0.1) is 0 Å². The van der Waals surface area contributed by atoms with E-state index in [0.29, 0.717) is 18.4 Å². The second-order valence-electron chi connectivity index (χ2n) is 5.11. The number of aromatic nitrogens is 2. The van der Waals surface area contributed by atoms with Crippen LogP contribution in [0.3, 0.4) is 0 Å². The number of imidazole rings is 1. The monoisotopic (exact) mass is 243 g/mol. The van der Waals surface area contributed by atoms with Crippen LogP contribution in [0.15, 0.2) is 36.8 Å². The van der Waals surface area contributed by atoms with E-state index in [0.717, 1.165) is 5.69 Å². The molecular weight excluding hydrogens is 222 g/mol. The molecule has 0 aliphatic rings. The first-order valence-electron chi connectivity index (χ1n) is 6.43. The summed E-state index contributed by atoms with van der Waals surface area (Å²) < 4.78 is 2.14. The number of aryl methyl sites for hydroxylation is 1. The highest BCUT2D eigenvalue weighted by atomic mass is 15.1. The minimum absolute atomic E-state index is 0.341. The van der Waals surface area contributed by atoms with Gasteiger partial charge in [-0.2, -0.15) is 0 Å². The normalized spacial score (nSPS) is 12.9. The summed E-state index contributed by atoms with van der Waals surface area (Å²) in [5, 5.41) is 0. The van der Waals surface area contributed by atoms with Crippen molar-refractivity contribution in [3.8, 4) is 5.69 Å². The molecule has 0 saturated carbocycles. The van der Waals surface area contributed by atoms with Crippen LogP contribution in [0.4, 0.5) is 0 Å². The maximum absolute atomic E-state index is 5.89. The van der Waals surface area contributed by atoms with Crippen LogP contribution in [-0.2, 0) is 0 Å². The fourth-order valence-electron chi connectivity index (χ4n) is 2.24. The maximum atomic E-state index is 5.89. The van der Waals surface area contributed by atoms with Gasteiger partial charge in [0.2, 0.25) is 0 Å². The molecule has 1 aromatic carbocycles. The maximum Gasteiger partial charge on any atom is 0.0994 e. The Morgan fingerprint density at radius 2 is 1.89 bits per heavy atom. The number of nitrogens with two attached hydrogens (primary N) is 1. The molecule has 96 valence electrons. The average molecular weight is 243 g/mol. The Morgan fingerprint density at radius 3 is 2.44 bits per heavy atom. The van der Waals surface area contributed by atoms with E-state index in [4.69, 9.17) is 5.73 Å². The number of rotatable bonds is 4. The predicted octanol–water partition coefficient (Wildman–Crippen LogP) is 2.88. The van der Waals surface area contributed by atoms with Gasteiger partial charge >= 0.3 is 0 Å².